The largest absolute Gasteiger partial charge is 0.0877 e. The van der Waals surface area contributed by atoms with Gasteiger partial charge in [0.05, 0.1) is 0 Å². The van der Waals surface area contributed by atoms with Gasteiger partial charge in [0.1, 0.15) is 0 Å². The van der Waals surface area contributed by atoms with Crippen LogP contribution in [0.25, 0.3) is 0 Å². The van der Waals surface area contributed by atoms with Crippen LogP contribution in [0.2, 0.25) is 0 Å². The molecule has 0 saturated heterocycles. The fourth-order valence-electron chi connectivity index (χ4n) is 1.64. The van der Waals surface area contributed by atoms with Gasteiger partial charge in [0.2, 0.25) is 0 Å². The lowest BCUT2D eigenvalue weighted by Crippen LogP contribution is -2.16. The quantitative estimate of drug-likeness (QED) is 0.435. The minimum Gasteiger partial charge on any atom is -0.0877 e. The smallest absolute Gasteiger partial charge is 0.0257 e. The summed E-state index contributed by atoms with van der Waals surface area (Å²) in [7, 11) is 0. The van der Waals surface area contributed by atoms with Gasteiger partial charge in [-0.15, -0.1) is 0 Å². The van der Waals surface area contributed by atoms with Crippen molar-refractivity contribution < 1.29 is 0 Å². The summed E-state index contributed by atoms with van der Waals surface area (Å²) in [4.78, 5) is 0. The summed E-state index contributed by atoms with van der Waals surface area (Å²) in [6.07, 6.45) is 7.25. The van der Waals surface area contributed by atoms with Crippen LogP contribution in [-0.4, -0.2) is 0 Å². The maximum absolute atomic E-state index is 2.34. The van der Waals surface area contributed by atoms with Crippen LogP contribution in [0, 0.1) is 11.3 Å². The van der Waals surface area contributed by atoms with Crippen LogP contribution in [0.1, 0.15) is 33.6 Å². The summed E-state index contributed by atoms with van der Waals surface area (Å²) >= 11 is 0. The van der Waals surface area contributed by atoms with Crippen LogP contribution >= 0.6 is 0 Å². The van der Waals surface area contributed by atoms with Gasteiger partial charge < -0.3 is 0 Å². The van der Waals surface area contributed by atoms with E-state index >= 15 is 0 Å². The third-order valence-electron chi connectivity index (χ3n) is 2.01. The summed E-state index contributed by atoms with van der Waals surface area (Å²) in [5.74, 6) is 0.800. The molecule has 1 atom stereocenters. The van der Waals surface area contributed by atoms with Crippen molar-refractivity contribution in [2.75, 3.05) is 0 Å². The Kier molecular flexibility index (Phi) is 1.65. The van der Waals surface area contributed by atoms with E-state index in [0.717, 1.165) is 5.92 Å². The maximum atomic E-state index is 2.34. The normalized spacial score (nSPS) is 32.6. The van der Waals surface area contributed by atoms with E-state index in [2.05, 4.69) is 32.9 Å². The zero-order chi connectivity index (χ0) is 6.91. The predicted molar refractivity (Wildman–Crippen MR) is 41.3 cm³/mol. The molecular formula is C9H16. The first kappa shape index (κ1) is 6.85. The lowest BCUT2D eigenvalue weighted by atomic mass is 9.77. The minimum absolute atomic E-state index is 0.564. The van der Waals surface area contributed by atoms with Crippen LogP contribution in [0.15, 0.2) is 12.2 Å². The molecule has 0 nitrogen and oxygen atoms in total. The Morgan fingerprint density at radius 1 is 1.44 bits per heavy atom. The summed E-state index contributed by atoms with van der Waals surface area (Å²) in [5, 5.41) is 0. The third kappa shape index (κ3) is 1.85. The van der Waals surface area contributed by atoms with Gasteiger partial charge in [-0.25, -0.2) is 0 Å². The molecule has 1 rings (SSSR count). The Morgan fingerprint density at radius 3 is 2.44 bits per heavy atom. The minimum atomic E-state index is 0.564. The fraction of sp³-hybridized carbons (Fsp3) is 0.778. The van der Waals surface area contributed by atoms with Crippen LogP contribution < -0.4 is 0 Å². The first-order valence-corrected chi connectivity index (χ1v) is 3.77. The highest BCUT2D eigenvalue weighted by Gasteiger charge is 2.21. The van der Waals surface area contributed by atoms with E-state index in [1.165, 1.54) is 12.8 Å². The van der Waals surface area contributed by atoms with Crippen molar-refractivity contribution >= 4 is 0 Å². The Balaban J connectivity index is 2.58. The Hall–Kier alpha value is -0.260. The highest BCUT2D eigenvalue weighted by Crippen LogP contribution is 2.33. The highest BCUT2D eigenvalue weighted by atomic mass is 14.3. The summed E-state index contributed by atoms with van der Waals surface area (Å²) in [5.41, 5.74) is 0.564. The number of rotatable bonds is 0. The molecule has 0 heterocycles. The monoisotopic (exact) mass is 124 g/mol. The number of allylic oxidation sites excluding steroid dienone is 2. The molecule has 0 aromatic carbocycles. The molecule has 0 aliphatic heterocycles. The summed E-state index contributed by atoms with van der Waals surface area (Å²) < 4.78 is 0. The van der Waals surface area contributed by atoms with Crippen molar-refractivity contribution in [2.45, 2.75) is 33.6 Å². The topological polar surface area (TPSA) is 0 Å². The highest BCUT2D eigenvalue weighted by molar-refractivity contribution is 4.97. The van der Waals surface area contributed by atoms with Gasteiger partial charge in [0, 0.05) is 0 Å². The van der Waals surface area contributed by atoms with Crippen LogP contribution in [0.3, 0.4) is 0 Å². The predicted octanol–water partition coefficient (Wildman–Crippen LogP) is 3.00. The first-order valence-electron chi connectivity index (χ1n) is 3.77. The zero-order valence-electron chi connectivity index (χ0n) is 6.65. The molecule has 0 amide bonds. The van der Waals surface area contributed by atoms with E-state index in [-0.39, 0.29) is 0 Å². The van der Waals surface area contributed by atoms with Crippen molar-refractivity contribution in [1.29, 1.82) is 0 Å². The maximum Gasteiger partial charge on any atom is -0.0257 e. The van der Waals surface area contributed by atoms with E-state index in [4.69, 9.17) is 0 Å². The molecule has 0 aromatic heterocycles. The van der Waals surface area contributed by atoms with E-state index in [1.54, 1.807) is 0 Å². The Morgan fingerprint density at radius 2 is 2.11 bits per heavy atom. The van der Waals surface area contributed by atoms with Gasteiger partial charge >= 0.3 is 0 Å². The van der Waals surface area contributed by atoms with E-state index in [1.807, 2.05) is 0 Å². The second kappa shape index (κ2) is 2.17. The van der Waals surface area contributed by atoms with Crippen LogP contribution in [0.5, 0.6) is 0 Å². The first-order chi connectivity index (χ1) is 4.10. The third-order valence-corrected chi connectivity index (χ3v) is 2.01. The van der Waals surface area contributed by atoms with Gasteiger partial charge in [-0.2, -0.15) is 0 Å². The molecule has 0 heteroatoms. The molecule has 0 spiro atoms. The van der Waals surface area contributed by atoms with Gasteiger partial charge in [-0.05, 0) is 24.2 Å². The molecule has 9 heavy (non-hydrogen) atoms. The van der Waals surface area contributed by atoms with E-state index in [0.29, 0.717) is 5.41 Å². The Bertz CT molecular complexity index is 120. The van der Waals surface area contributed by atoms with Crippen molar-refractivity contribution in [1.82, 2.24) is 0 Å². The molecule has 0 bridgehead atoms. The number of hydrogen-bond donors (Lipinski definition) is 0. The molecule has 0 radical (unpaired) electrons. The average molecular weight is 124 g/mol. The zero-order valence-corrected chi connectivity index (χ0v) is 6.65. The van der Waals surface area contributed by atoms with Crippen LogP contribution in [-0.2, 0) is 0 Å². The van der Waals surface area contributed by atoms with E-state index in [9.17, 15) is 0 Å². The van der Waals surface area contributed by atoms with Crippen molar-refractivity contribution in [3.8, 4) is 0 Å². The standard InChI is InChI=1S/C9H16/c1-8-5-4-6-9(2,3)7-8/h4-5,8H,6-7H2,1-3H3. The SMILES string of the molecule is CC1C=CCC(C)(C)C1. The molecule has 0 fully saturated rings. The lowest BCUT2D eigenvalue weighted by Gasteiger charge is -2.29. The average Bonchev–Trinajstić information content (AvgIpc) is 1.60. The molecule has 0 saturated carbocycles. The van der Waals surface area contributed by atoms with Crippen LogP contribution in [0.4, 0.5) is 0 Å². The van der Waals surface area contributed by atoms with Crippen molar-refractivity contribution in [3.05, 3.63) is 12.2 Å². The molecule has 0 N–H and O–H groups in total. The fourth-order valence-corrected chi connectivity index (χ4v) is 1.64. The van der Waals surface area contributed by atoms with Gasteiger partial charge in [0.25, 0.3) is 0 Å². The summed E-state index contributed by atoms with van der Waals surface area (Å²) in [6, 6.07) is 0. The van der Waals surface area contributed by atoms with Gasteiger partial charge in [-0.3, -0.25) is 0 Å². The molecule has 0 aromatic rings. The van der Waals surface area contributed by atoms with Gasteiger partial charge in [-0.1, -0.05) is 32.9 Å². The number of hydrogen-bond acceptors (Lipinski definition) is 0. The molecule has 1 aliphatic rings. The second-order valence-corrected chi connectivity index (χ2v) is 3.98. The van der Waals surface area contributed by atoms with E-state index < -0.39 is 0 Å². The summed E-state index contributed by atoms with van der Waals surface area (Å²) in [6.45, 7) is 6.97. The second-order valence-electron chi connectivity index (χ2n) is 3.98. The molecule has 52 valence electrons. The lowest BCUT2D eigenvalue weighted by molar-refractivity contribution is 0.289. The van der Waals surface area contributed by atoms with Gasteiger partial charge in [0.15, 0.2) is 0 Å². The molecule has 1 unspecified atom stereocenters. The Labute approximate surface area is 58.0 Å². The van der Waals surface area contributed by atoms with Crippen molar-refractivity contribution in [2.24, 2.45) is 11.3 Å². The molecular weight excluding hydrogens is 108 g/mol. The van der Waals surface area contributed by atoms with Crippen molar-refractivity contribution in [3.63, 3.8) is 0 Å². The molecule has 1 aliphatic carbocycles.